The maximum Gasteiger partial charge on any atom is 0.260 e. The Kier molecular flexibility index (Phi) is 4.30. The second-order valence-corrected chi connectivity index (χ2v) is 5.65. The number of carbonyl (C=O) groups is 1. The van der Waals surface area contributed by atoms with E-state index < -0.39 is 0 Å². The molecule has 1 amide bonds. The minimum atomic E-state index is -0.269. The predicted octanol–water partition coefficient (Wildman–Crippen LogP) is 3.56. The highest BCUT2D eigenvalue weighted by atomic mass is 16.5. The van der Waals surface area contributed by atoms with Crippen molar-refractivity contribution in [3.05, 3.63) is 90.5 Å². The van der Waals surface area contributed by atoms with E-state index in [1.165, 1.54) is 0 Å². The Balaban J connectivity index is 1.51. The maximum absolute atomic E-state index is 12.5. The molecule has 6 nitrogen and oxygen atoms in total. The van der Waals surface area contributed by atoms with E-state index in [1.54, 1.807) is 36.5 Å². The Hall–Kier alpha value is -3.67. The lowest BCUT2D eigenvalue weighted by Gasteiger charge is -2.10. The molecule has 0 atom stereocenters. The Morgan fingerprint density at radius 1 is 1.04 bits per heavy atom. The Bertz CT molecular complexity index is 1010. The molecule has 0 spiro atoms. The van der Waals surface area contributed by atoms with Gasteiger partial charge in [0.15, 0.2) is 0 Å². The molecule has 1 aromatic carbocycles. The highest BCUT2D eigenvalue weighted by Gasteiger charge is 2.13. The minimum absolute atomic E-state index is 0.269. The van der Waals surface area contributed by atoms with E-state index in [9.17, 15) is 4.79 Å². The van der Waals surface area contributed by atoms with Crippen molar-refractivity contribution in [3.63, 3.8) is 0 Å². The van der Waals surface area contributed by atoms with Crippen LogP contribution in [0.2, 0.25) is 0 Å². The molecular formula is C20H16N4O2. The topological polar surface area (TPSA) is 68.5 Å². The molecule has 3 aromatic heterocycles. The number of para-hydroxylation sites is 1. The molecule has 128 valence electrons. The van der Waals surface area contributed by atoms with Crippen molar-refractivity contribution >= 4 is 17.4 Å². The van der Waals surface area contributed by atoms with Crippen molar-refractivity contribution in [2.45, 2.75) is 6.61 Å². The zero-order valence-electron chi connectivity index (χ0n) is 13.9. The Labute approximate surface area is 150 Å². The monoisotopic (exact) mass is 344 g/mol. The third-order valence-corrected chi connectivity index (χ3v) is 3.83. The molecule has 0 saturated heterocycles. The first-order chi connectivity index (χ1) is 12.8. The van der Waals surface area contributed by atoms with Gasteiger partial charge in [-0.2, -0.15) is 0 Å². The van der Waals surface area contributed by atoms with Gasteiger partial charge >= 0.3 is 0 Å². The zero-order valence-corrected chi connectivity index (χ0v) is 13.9. The lowest BCUT2D eigenvalue weighted by atomic mass is 10.2. The molecular weight excluding hydrogens is 328 g/mol. The van der Waals surface area contributed by atoms with Gasteiger partial charge in [0, 0.05) is 18.6 Å². The average molecular weight is 344 g/mol. The number of anilines is 1. The van der Waals surface area contributed by atoms with Gasteiger partial charge < -0.3 is 14.5 Å². The van der Waals surface area contributed by atoms with E-state index in [2.05, 4.69) is 15.3 Å². The number of hydrogen-bond donors (Lipinski definition) is 1. The predicted molar refractivity (Wildman–Crippen MR) is 98.2 cm³/mol. The lowest BCUT2D eigenvalue weighted by molar-refractivity contribution is 0.102. The SMILES string of the molecule is O=C(Nc1ccccn1)c1ccccc1OCc1cn2ccccc2n1. The molecule has 0 aliphatic heterocycles. The maximum atomic E-state index is 12.5. The average Bonchev–Trinajstić information content (AvgIpc) is 3.10. The second-order valence-electron chi connectivity index (χ2n) is 5.65. The number of rotatable bonds is 5. The summed E-state index contributed by atoms with van der Waals surface area (Å²) in [5.41, 5.74) is 2.09. The van der Waals surface area contributed by atoms with Crippen LogP contribution in [0, 0.1) is 0 Å². The molecule has 0 aliphatic carbocycles. The van der Waals surface area contributed by atoms with Crippen LogP contribution in [0.25, 0.3) is 5.65 Å². The van der Waals surface area contributed by atoms with Gasteiger partial charge in [0.2, 0.25) is 0 Å². The van der Waals surface area contributed by atoms with Crippen LogP contribution in [0.15, 0.2) is 79.3 Å². The van der Waals surface area contributed by atoms with Crippen LogP contribution in [0.3, 0.4) is 0 Å². The number of aromatic nitrogens is 3. The molecule has 0 aliphatic rings. The van der Waals surface area contributed by atoms with Crippen LogP contribution >= 0.6 is 0 Å². The van der Waals surface area contributed by atoms with Crippen molar-refractivity contribution in [1.29, 1.82) is 0 Å². The molecule has 3 heterocycles. The van der Waals surface area contributed by atoms with Crippen LogP contribution < -0.4 is 10.1 Å². The van der Waals surface area contributed by atoms with Crippen molar-refractivity contribution in [2.75, 3.05) is 5.32 Å². The number of benzene rings is 1. The summed E-state index contributed by atoms with van der Waals surface area (Å²) in [4.78, 5) is 21.1. The molecule has 1 N–H and O–H groups in total. The molecule has 0 saturated carbocycles. The van der Waals surface area contributed by atoms with Gasteiger partial charge in [-0.25, -0.2) is 9.97 Å². The van der Waals surface area contributed by atoms with Crippen LogP contribution in [0.4, 0.5) is 5.82 Å². The second kappa shape index (κ2) is 7.06. The first-order valence-corrected chi connectivity index (χ1v) is 8.16. The van der Waals surface area contributed by atoms with Gasteiger partial charge in [-0.1, -0.05) is 24.3 Å². The quantitative estimate of drug-likeness (QED) is 0.601. The summed E-state index contributed by atoms with van der Waals surface area (Å²) in [7, 11) is 0. The van der Waals surface area contributed by atoms with Crippen LogP contribution in [0.1, 0.15) is 16.1 Å². The van der Waals surface area contributed by atoms with E-state index in [0.717, 1.165) is 11.3 Å². The standard InChI is InChI=1S/C20H16N4O2/c25-20(23-18-9-3-5-11-21-18)16-7-1-2-8-17(16)26-14-15-13-24-12-6-4-10-19(24)22-15/h1-13H,14H2,(H,21,23,25). The van der Waals surface area contributed by atoms with Gasteiger partial charge in [0.1, 0.15) is 23.8 Å². The van der Waals surface area contributed by atoms with Crippen LogP contribution in [-0.4, -0.2) is 20.3 Å². The fourth-order valence-electron chi connectivity index (χ4n) is 2.61. The molecule has 0 bridgehead atoms. The first kappa shape index (κ1) is 15.8. The minimum Gasteiger partial charge on any atom is -0.486 e. The van der Waals surface area contributed by atoms with Crippen molar-refractivity contribution in [2.24, 2.45) is 0 Å². The van der Waals surface area contributed by atoms with E-state index in [4.69, 9.17) is 4.74 Å². The van der Waals surface area contributed by atoms with Crippen molar-refractivity contribution in [1.82, 2.24) is 14.4 Å². The van der Waals surface area contributed by atoms with Crippen molar-refractivity contribution in [3.8, 4) is 5.75 Å². The Morgan fingerprint density at radius 3 is 2.73 bits per heavy atom. The van der Waals surface area contributed by atoms with Gasteiger partial charge in [0.05, 0.1) is 11.3 Å². The van der Waals surface area contributed by atoms with E-state index in [0.29, 0.717) is 17.1 Å². The smallest absolute Gasteiger partial charge is 0.260 e. The summed E-state index contributed by atoms with van der Waals surface area (Å²) < 4.78 is 7.78. The molecule has 0 fully saturated rings. The number of pyridine rings is 2. The number of ether oxygens (including phenoxy) is 1. The molecule has 4 rings (SSSR count). The van der Waals surface area contributed by atoms with E-state index in [-0.39, 0.29) is 12.5 Å². The summed E-state index contributed by atoms with van der Waals surface area (Å²) in [6, 6.07) is 18.3. The first-order valence-electron chi connectivity index (χ1n) is 8.16. The lowest BCUT2D eigenvalue weighted by Crippen LogP contribution is -2.14. The molecule has 0 radical (unpaired) electrons. The van der Waals surface area contributed by atoms with Gasteiger partial charge in [-0.3, -0.25) is 4.79 Å². The summed E-state index contributed by atoms with van der Waals surface area (Å²) in [5, 5.41) is 2.77. The number of fused-ring (bicyclic) bond motifs is 1. The molecule has 0 unspecified atom stereocenters. The summed E-state index contributed by atoms with van der Waals surface area (Å²) in [6.07, 6.45) is 5.47. The summed E-state index contributed by atoms with van der Waals surface area (Å²) in [5.74, 6) is 0.722. The largest absolute Gasteiger partial charge is 0.486 e. The number of imidazole rings is 1. The van der Waals surface area contributed by atoms with Gasteiger partial charge in [-0.05, 0) is 36.4 Å². The summed E-state index contributed by atoms with van der Waals surface area (Å²) >= 11 is 0. The van der Waals surface area contributed by atoms with E-state index >= 15 is 0 Å². The highest BCUT2D eigenvalue weighted by Crippen LogP contribution is 2.20. The number of carbonyl (C=O) groups excluding carboxylic acids is 1. The zero-order chi connectivity index (χ0) is 17.8. The summed E-state index contributed by atoms with van der Waals surface area (Å²) in [6.45, 7) is 0.273. The van der Waals surface area contributed by atoms with Gasteiger partial charge in [0.25, 0.3) is 5.91 Å². The highest BCUT2D eigenvalue weighted by molar-refractivity contribution is 6.05. The number of amides is 1. The third kappa shape index (κ3) is 3.39. The normalized spacial score (nSPS) is 10.6. The fourth-order valence-corrected chi connectivity index (χ4v) is 2.61. The third-order valence-electron chi connectivity index (χ3n) is 3.83. The van der Waals surface area contributed by atoms with E-state index in [1.807, 2.05) is 47.1 Å². The number of hydrogen-bond acceptors (Lipinski definition) is 4. The molecule has 6 heteroatoms. The molecule has 4 aromatic rings. The van der Waals surface area contributed by atoms with Crippen molar-refractivity contribution < 1.29 is 9.53 Å². The number of nitrogens with one attached hydrogen (secondary N) is 1. The molecule has 26 heavy (non-hydrogen) atoms. The fraction of sp³-hybridized carbons (Fsp3) is 0.0500. The van der Waals surface area contributed by atoms with Crippen LogP contribution in [-0.2, 0) is 6.61 Å². The Morgan fingerprint density at radius 2 is 1.88 bits per heavy atom. The van der Waals surface area contributed by atoms with Crippen LogP contribution in [0.5, 0.6) is 5.75 Å². The van der Waals surface area contributed by atoms with Gasteiger partial charge in [-0.15, -0.1) is 0 Å². The number of nitrogens with zero attached hydrogens (tertiary/aromatic N) is 3.